The molecule has 0 atom stereocenters. The molecule has 4 nitrogen and oxygen atoms in total. The number of rotatable bonds is 1. The van der Waals surface area contributed by atoms with Crippen LogP contribution in [-0.2, 0) is 0 Å². The summed E-state index contributed by atoms with van der Waals surface area (Å²) >= 11 is 0. The van der Waals surface area contributed by atoms with Crippen molar-refractivity contribution in [3.8, 4) is 5.82 Å². The zero-order valence-corrected chi connectivity index (χ0v) is 11.6. The van der Waals surface area contributed by atoms with Gasteiger partial charge in [0.1, 0.15) is 5.82 Å². The van der Waals surface area contributed by atoms with E-state index >= 15 is 0 Å². The molecule has 102 valence electrons. The third kappa shape index (κ3) is 1.84. The third-order valence-electron chi connectivity index (χ3n) is 3.79. The minimum Gasteiger partial charge on any atom is -0.399 e. The molecular formula is C17H14N4. The molecule has 4 rings (SSSR count). The van der Waals surface area contributed by atoms with Crippen molar-refractivity contribution in [2.24, 2.45) is 0 Å². The van der Waals surface area contributed by atoms with Crippen LogP contribution in [0, 0.1) is 6.92 Å². The molecule has 3 aromatic heterocycles. The highest BCUT2D eigenvalue weighted by atomic mass is 15.1. The van der Waals surface area contributed by atoms with Gasteiger partial charge in [-0.1, -0.05) is 0 Å². The summed E-state index contributed by atoms with van der Waals surface area (Å²) in [6.45, 7) is 2.05. The molecule has 0 amide bonds. The van der Waals surface area contributed by atoms with Crippen molar-refractivity contribution in [2.45, 2.75) is 6.92 Å². The van der Waals surface area contributed by atoms with Crippen LogP contribution in [-0.4, -0.2) is 14.5 Å². The second kappa shape index (κ2) is 4.31. The van der Waals surface area contributed by atoms with Gasteiger partial charge in [0.05, 0.1) is 11.7 Å². The first-order valence-electron chi connectivity index (χ1n) is 6.80. The van der Waals surface area contributed by atoms with Gasteiger partial charge in [-0.2, -0.15) is 0 Å². The summed E-state index contributed by atoms with van der Waals surface area (Å²) in [5.41, 5.74) is 8.91. The Labute approximate surface area is 121 Å². The molecule has 0 fully saturated rings. The summed E-state index contributed by atoms with van der Waals surface area (Å²) in [5.74, 6) is 0.871. The summed E-state index contributed by atoms with van der Waals surface area (Å²) in [6.07, 6.45) is 7.57. The molecule has 4 heteroatoms. The predicted molar refractivity (Wildman–Crippen MR) is 85.5 cm³/mol. The summed E-state index contributed by atoms with van der Waals surface area (Å²) in [4.78, 5) is 8.78. The maximum atomic E-state index is 5.95. The van der Waals surface area contributed by atoms with E-state index in [0.29, 0.717) is 0 Å². The Hall–Kier alpha value is -2.88. The van der Waals surface area contributed by atoms with E-state index in [0.717, 1.165) is 38.7 Å². The van der Waals surface area contributed by atoms with Gasteiger partial charge in [0.15, 0.2) is 0 Å². The lowest BCUT2D eigenvalue weighted by molar-refractivity contribution is 1.05. The standard InChI is InChI=1S/C17H14N4/c1-11-6-14(18)7-13-8-17(20-9-15(11)13)21-5-3-12-2-4-19-10-16(12)21/h2-10H,18H2,1H3. The van der Waals surface area contributed by atoms with Gasteiger partial charge in [0.2, 0.25) is 0 Å². The van der Waals surface area contributed by atoms with Crippen LogP contribution in [0.3, 0.4) is 0 Å². The molecule has 21 heavy (non-hydrogen) atoms. The maximum absolute atomic E-state index is 5.95. The highest BCUT2D eigenvalue weighted by molar-refractivity contribution is 5.89. The number of fused-ring (bicyclic) bond motifs is 2. The van der Waals surface area contributed by atoms with Crippen molar-refractivity contribution in [1.29, 1.82) is 0 Å². The first-order valence-corrected chi connectivity index (χ1v) is 6.80. The Kier molecular flexibility index (Phi) is 2.44. The van der Waals surface area contributed by atoms with E-state index in [2.05, 4.69) is 29.0 Å². The number of hydrogen-bond donors (Lipinski definition) is 1. The molecule has 0 unspecified atom stereocenters. The molecule has 0 saturated carbocycles. The summed E-state index contributed by atoms with van der Waals surface area (Å²) in [6, 6.07) is 10.1. The fourth-order valence-electron chi connectivity index (χ4n) is 2.76. The lowest BCUT2D eigenvalue weighted by Crippen LogP contribution is -1.97. The number of nitrogens with two attached hydrogens (primary N) is 1. The van der Waals surface area contributed by atoms with E-state index in [-0.39, 0.29) is 0 Å². The van der Waals surface area contributed by atoms with E-state index in [4.69, 9.17) is 5.73 Å². The van der Waals surface area contributed by atoms with Crippen LogP contribution in [0.15, 0.2) is 55.1 Å². The third-order valence-corrected chi connectivity index (χ3v) is 3.79. The average molecular weight is 274 g/mol. The normalized spacial score (nSPS) is 11.3. The van der Waals surface area contributed by atoms with Gasteiger partial charge < -0.3 is 5.73 Å². The number of anilines is 1. The monoisotopic (exact) mass is 274 g/mol. The molecule has 0 radical (unpaired) electrons. The minimum absolute atomic E-state index is 0.774. The van der Waals surface area contributed by atoms with Gasteiger partial charge in [-0.05, 0) is 48.2 Å². The SMILES string of the molecule is Cc1cc(N)cc2cc(-n3ccc4ccncc43)ncc12. The van der Waals surface area contributed by atoms with Gasteiger partial charge >= 0.3 is 0 Å². The second-order valence-electron chi connectivity index (χ2n) is 5.22. The Morgan fingerprint density at radius 2 is 1.95 bits per heavy atom. The zero-order chi connectivity index (χ0) is 14.4. The second-order valence-corrected chi connectivity index (χ2v) is 5.22. The number of hydrogen-bond acceptors (Lipinski definition) is 3. The molecule has 0 aliphatic heterocycles. The summed E-state index contributed by atoms with van der Waals surface area (Å²) in [5, 5.41) is 3.38. The molecule has 0 spiro atoms. The summed E-state index contributed by atoms with van der Waals surface area (Å²) in [7, 11) is 0. The van der Waals surface area contributed by atoms with Gasteiger partial charge in [-0.15, -0.1) is 0 Å². The molecule has 0 saturated heterocycles. The van der Waals surface area contributed by atoms with Crippen LogP contribution in [0.4, 0.5) is 5.69 Å². The Morgan fingerprint density at radius 3 is 2.86 bits per heavy atom. The van der Waals surface area contributed by atoms with Crippen LogP contribution in [0.1, 0.15) is 5.56 Å². The van der Waals surface area contributed by atoms with Gasteiger partial charge in [-0.25, -0.2) is 4.98 Å². The molecular weight excluding hydrogens is 260 g/mol. The first-order chi connectivity index (χ1) is 10.2. The van der Waals surface area contributed by atoms with Crippen LogP contribution in [0.5, 0.6) is 0 Å². The van der Waals surface area contributed by atoms with Crippen LogP contribution >= 0.6 is 0 Å². The number of benzene rings is 1. The van der Waals surface area contributed by atoms with Crippen LogP contribution < -0.4 is 5.73 Å². The van der Waals surface area contributed by atoms with Gasteiger partial charge in [0.25, 0.3) is 0 Å². The number of nitrogens with zero attached hydrogens (tertiary/aromatic N) is 3. The van der Waals surface area contributed by atoms with Crippen molar-refractivity contribution in [1.82, 2.24) is 14.5 Å². The van der Waals surface area contributed by atoms with E-state index in [1.54, 1.807) is 6.20 Å². The van der Waals surface area contributed by atoms with Gasteiger partial charge in [-0.3, -0.25) is 9.55 Å². The molecule has 0 aliphatic rings. The lowest BCUT2D eigenvalue weighted by Gasteiger charge is -2.08. The van der Waals surface area contributed by atoms with Crippen LogP contribution in [0.2, 0.25) is 0 Å². The number of aromatic nitrogens is 3. The first kappa shape index (κ1) is 11.9. The highest BCUT2D eigenvalue weighted by Crippen LogP contribution is 2.25. The Morgan fingerprint density at radius 1 is 1.05 bits per heavy atom. The van der Waals surface area contributed by atoms with E-state index in [1.165, 1.54) is 0 Å². The fraction of sp³-hybridized carbons (Fsp3) is 0.0588. The van der Waals surface area contributed by atoms with Crippen LogP contribution in [0.25, 0.3) is 27.5 Å². The van der Waals surface area contributed by atoms with Gasteiger partial charge in [0, 0.05) is 35.1 Å². The largest absolute Gasteiger partial charge is 0.399 e. The Balaban J connectivity index is 1.98. The number of pyridine rings is 2. The topological polar surface area (TPSA) is 56.7 Å². The van der Waals surface area contributed by atoms with Crippen molar-refractivity contribution in [2.75, 3.05) is 5.73 Å². The maximum Gasteiger partial charge on any atom is 0.137 e. The Bertz CT molecular complexity index is 969. The van der Waals surface area contributed by atoms with Crippen molar-refractivity contribution in [3.05, 3.63) is 60.7 Å². The number of nitrogen functional groups attached to an aromatic ring is 1. The zero-order valence-electron chi connectivity index (χ0n) is 11.6. The molecule has 4 aromatic rings. The molecule has 3 heterocycles. The molecule has 0 aliphatic carbocycles. The molecule has 1 aromatic carbocycles. The highest BCUT2D eigenvalue weighted by Gasteiger charge is 2.06. The average Bonchev–Trinajstić information content (AvgIpc) is 2.90. The molecule has 0 bridgehead atoms. The van der Waals surface area contributed by atoms with E-state index in [9.17, 15) is 0 Å². The minimum atomic E-state index is 0.774. The smallest absolute Gasteiger partial charge is 0.137 e. The number of aryl methyl sites for hydroxylation is 1. The van der Waals surface area contributed by atoms with E-state index in [1.807, 2.05) is 41.4 Å². The predicted octanol–water partition coefficient (Wildman–Crippen LogP) is 3.46. The van der Waals surface area contributed by atoms with E-state index < -0.39 is 0 Å². The summed E-state index contributed by atoms with van der Waals surface area (Å²) < 4.78 is 2.04. The van der Waals surface area contributed by atoms with Crippen molar-refractivity contribution >= 4 is 27.4 Å². The van der Waals surface area contributed by atoms with Crippen molar-refractivity contribution < 1.29 is 0 Å². The quantitative estimate of drug-likeness (QED) is 0.541. The fourth-order valence-corrected chi connectivity index (χ4v) is 2.76. The molecule has 2 N–H and O–H groups in total. The van der Waals surface area contributed by atoms with Crippen molar-refractivity contribution in [3.63, 3.8) is 0 Å². The lowest BCUT2D eigenvalue weighted by atomic mass is 10.1.